The summed E-state index contributed by atoms with van der Waals surface area (Å²) < 4.78 is 0. The van der Waals surface area contributed by atoms with Crippen LogP contribution >= 0.6 is 23.5 Å². The Balaban J connectivity index is 1.25. The average molecular weight is 604 g/mol. The first kappa shape index (κ1) is 28.9. The highest BCUT2D eigenvalue weighted by Crippen LogP contribution is 2.44. The Morgan fingerprint density at radius 3 is 2.49 bits per heavy atom. The van der Waals surface area contributed by atoms with Crippen LogP contribution < -0.4 is 15.5 Å². The van der Waals surface area contributed by atoms with E-state index >= 15 is 0 Å². The molecule has 3 amide bonds. The summed E-state index contributed by atoms with van der Waals surface area (Å²) >= 11 is 3.25. The standard InChI is InChI=1S/C36H33N3O2S2/c1-3-25-16-11-13-24(2)33(25)38-35(40)34(26-14-5-4-6-15-26)42-28-18-12-17-27(23-28)37-36(41)39-29-19-7-9-21-31(29)43-32-22-10-8-20-30(32)39/h4-23,29,31,34H,3H2,1-2H3,(H,37,41)(H,38,40). The predicted octanol–water partition coefficient (Wildman–Crippen LogP) is 9.04. The minimum Gasteiger partial charge on any atom is -0.324 e. The Hall–Kier alpha value is -4.20. The van der Waals surface area contributed by atoms with Crippen molar-refractivity contribution in [1.29, 1.82) is 0 Å². The van der Waals surface area contributed by atoms with Gasteiger partial charge >= 0.3 is 6.03 Å². The van der Waals surface area contributed by atoms with E-state index in [0.717, 1.165) is 44.3 Å². The Morgan fingerprint density at radius 2 is 1.65 bits per heavy atom. The molecule has 0 fully saturated rings. The molecular formula is C36H33N3O2S2. The summed E-state index contributed by atoms with van der Waals surface area (Å²) in [4.78, 5) is 31.5. The molecule has 4 aromatic carbocycles. The topological polar surface area (TPSA) is 61.4 Å². The van der Waals surface area contributed by atoms with E-state index in [1.165, 1.54) is 11.8 Å². The SMILES string of the molecule is CCc1cccc(C)c1NC(=O)C(Sc1cccc(NC(=O)N2c3ccccc3SC3C=CC=CC32)c1)c1ccccc1. The maximum Gasteiger partial charge on any atom is 0.326 e. The number of aryl methyl sites for hydroxylation is 2. The van der Waals surface area contributed by atoms with E-state index in [9.17, 15) is 9.59 Å². The third kappa shape index (κ3) is 6.28. The summed E-state index contributed by atoms with van der Waals surface area (Å²) in [5.74, 6) is -0.0831. The lowest BCUT2D eigenvalue weighted by Crippen LogP contribution is -2.49. The number of carbonyl (C=O) groups excluding carboxylic acids is 2. The molecule has 7 heteroatoms. The van der Waals surface area contributed by atoms with Gasteiger partial charge in [-0.1, -0.05) is 98.0 Å². The highest BCUT2D eigenvalue weighted by molar-refractivity contribution is 8.00. The normalized spacial score (nSPS) is 17.5. The first-order valence-electron chi connectivity index (χ1n) is 14.4. The molecule has 6 rings (SSSR count). The van der Waals surface area contributed by atoms with Crippen molar-refractivity contribution in [2.24, 2.45) is 0 Å². The number of nitrogens with zero attached hydrogens (tertiary/aromatic N) is 1. The van der Waals surface area contributed by atoms with E-state index in [-0.39, 0.29) is 23.2 Å². The lowest BCUT2D eigenvalue weighted by molar-refractivity contribution is -0.115. The third-order valence-electron chi connectivity index (χ3n) is 7.63. The minimum atomic E-state index is -0.484. The maximum atomic E-state index is 13.8. The lowest BCUT2D eigenvalue weighted by atomic mass is 10.1. The van der Waals surface area contributed by atoms with Gasteiger partial charge in [0.05, 0.1) is 17.0 Å². The fourth-order valence-electron chi connectivity index (χ4n) is 5.48. The monoisotopic (exact) mass is 603 g/mol. The van der Waals surface area contributed by atoms with Crippen LogP contribution in [-0.2, 0) is 11.2 Å². The molecule has 1 aliphatic heterocycles. The van der Waals surface area contributed by atoms with Crippen molar-refractivity contribution in [2.75, 3.05) is 15.5 Å². The zero-order chi connectivity index (χ0) is 29.8. The molecule has 0 saturated carbocycles. The van der Waals surface area contributed by atoms with Crippen molar-refractivity contribution in [2.45, 2.75) is 46.6 Å². The zero-order valence-electron chi connectivity index (χ0n) is 24.1. The fraction of sp³-hybridized carbons (Fsp3) is 0.167. The van der Waals surface area contributed by atoms with Gasteiger partial charge in [-0.05, 0) is 60.4 Å². The molecule has 43 heavy (non-hydrogen) atoms. The average Bonchev–Trinajstić information content (AvgIpc) is 3.03. The molecule has 1 heterocycles. The summed E-state index contributed by atoms with van der Waals surface area (Å²) in [6.07, 6.45) is 9.11. The Morgan fingerprint density at radius 1 is 0.884 bits per heavy atom. The van der Waals surface area contributed by atoms with E-state index in [1.807, 2.05) is 109 Å². The largest absolute Gasteiger partial charge is 0.326 e. The summed E-state index contributed by atoms with van der Waals surface area (Å²) in [5, 5.41) is 6.03. The van der Waals surface area contributed by atoms with Crippen LogP contribution in [0, 0.1) is 6.92 Å². The first-order valence-corrected chi connectivity index (χ1v) is 16.2. The molecule has 5 nitrogen and oxygen atoms in total. The van der Waals surface area contributed by atoms with Gasteiger partial charge in [0.15, 0.2) is 0 Å². The highest BCUT2D eigenvalue weighted by Gasteiger charge is 2.36. The van der Waals surface area contributed by atoms with E-state index in [0.29, 0.717) is 5.69 Å². The number of allylic oxidation sites excluding steroid dienone is 2. The maximum absolute atomic E-state index is 13.8. The van der Waals surface area contributed by atoms with Crippen molar-refractivity contribution in [3.63, 3.8) is 0 Å². The van der Waals surface area contributed by atoms with Gasteiger partial charge in [-0.2, -0.15) is 0 Å². The number of thioether (sulfide) groups is 2. The van der Waals surface area contributed by atoms with Gasteiger partial charge in [0, 0.05) is 21.2 Å². The number of nitrogens with one attached hydrogen (secondary N) is 2. The summed E-state index contributed by atoms with van der Waals surface area (Å²) in [5.41, 5.74) is 5.52. The summed E-state index contributed by atoms with van der Waals surface area (Å²) in [6.45, 7) is 4.11. The zero-order valence-corrected chi connectivity index (χ0v) is 25.7. The quantitative estimate of drug-likeness (QED) is 0.207. The molecule has 1 aliphatic carbocycles. The number of rotatable bonds is 7. The van der Waals surface area contributed by atoms with E-state index in [1.54, 1.807) is 11.8 Å². The summed E-state index contributed by atoms with van der Waals surface area (Å²) in [6, 6.07) is 31.4. The summed E-state index contributed by atoms with van der Waals surface area (Å²) in [7, 11) is 0. The van der Waals surface area contributed by atoms with E-state index in [2.05, 4.69) is 41.8 Å². The second-order valence-electron chi connectivity index (χ2n) is 10.5. The van der Waals surface area contributed by atoms with Crippen molar-refractivity contribution < 1.29 is 9.59 Å². The Kier molecular flexibility index (Phi) is 8.72. The number of fused-ring (bicyclic) bond motifs is 2. The number of amides is 3. The van der Waals surface area contributed by atoms with Crippen LogP contribution in [-0.4, -0.2) is 23.2 Å². The molecule has 0 spiro atoms. The number of para-hydroxylation sites is 2. The van der Waals surface area contributed by atoms with Crippen molar-refractivity contribution in [1.82, 2.24) is 0 Å². The molecule has 0 saturated heterocycles. The molecule has 0 bridgehead atoms. The van der Waals surface area contributed by atoms with Crippen LogP contribution in [0.25, 0.3) is 0 Å². The molecule has 2 aliphatic rings. The fourth-order valence-corrected chi connectivity index (χ4v) is 7.83. The van der Waals surface area contributed by atoms with Gasteiger partial charge in [-0.15, -0.1) is 23.5 Å². The number of anilines is 3. The molecule has 2 N–H and O–H groups in total. The van der Waals surface area contributed by atoms with Gasteiger partial charge in [0.2, 0.25) is 5.91 Å². The second-order valence-corrected chi connectivity index (χ2v) is 12.9. The van der Waals surface area contributed by atoms with Crippen molar-refractivity contribution in [3.8, 4) is 0 Å². The van der Waals surface area contributed by atoms with Crippen LogP contribution in [0.4, 0.5) is 21.9 Å². The highest BCUT2D eigenvalue weighted by atomic mass is 32.2. The number of benzene rings is 4. The first-order chi connectivity index (χ1) is 21.0. The molecule has 0 radical (unpaired) electrons. The van der Waals surface area contributed by atoms with Crippen molar-refractivity contribution >= 4 is 52.5 Å². The Bertz CT molecular complexity index is 1700. The molecule has 3 unspecified atom stereocenters. The molecule has 3 atom stereocenters. The molecule has 0 aromatic heterocycles. The Labute approximate surface area is 261 Å². The third-order valence-corrected chi connectivity index (χ3v) is 10.2. The number of urea groups is 1. The van der Waals surface area contributed by atoms with Gasteiger partial charge < -0.3 is 10.6 Å². The minimum absolute atomic E-state index is 0.0805. The molecular weight excluding hydrogens is 571 g/mol. The van der Waals surface area contributed by atoms with E-state index < -0.39 is 5.25 Å². The van der Waals surface area contributed by atoms with Crippen LogP contribution in [0.3, 0.4) is 0 Å². The number of hydrogen-bond donors (Lipinski definition) is 2. The van der Waals surface area contributed by atoms with Gasteiger partial charge in [0.25, 0.3) is 0 Å². The molecule has 4 aromatic rings. The number of hydrogen-bond acceptors (Lipinski definition) is 4. The molecule has 216 valence electrons. The van der Waals surface area contributed by atoms with E-state index in [4.69, 9.17) is 0 Å². The van der Waals surface area contributed by atoms with Crippen molar-refractivity contribution in [3.05, 3.63) is 138 Å². The number of carbonyl (C=O) groups is 2. The van der Waals surface area contributed by atoms with Crippen LogP contribution in [0.15, 0.2) is 131 Å². The smallest absolute Gasteiger partial charge is 0.324 e. The predicted molar refractivity (Wildman–Crippen MR) is 180 cm³/mol. The lowest BCUT2D eigenvalue weighted by Gasteiger charge is -2.40. The second kappa shape index (κ2) is 13.0. The van der Waals surface area contributed by atoms with Gasteiger partial charge in [-0.25, -0.2) is 4.79 Å². The van der Waals surface area contributed by atoms with Crippen LogP contribution in [0.1, 0.15) is 28.9 Å². The van der Waals surface area contributed by atoms with Crippen LogP contribution in [0.2, 0.25) is 0 Å². The van der Waals surface area contributed by atoms with Gasteiger partial charge in [-0.3, -0.25) is 9.69 Å². The van der Waals surface area contributed by atoms with Gasteiger partial charge in [0.1, 0.15) is 5.25 Å². The van der Waals surface area contributed by atoms with Crippen LogP contribution in [0.5, 0.6) is 0 Å².